The van der Waals surface area contributed by atoms with Crippen molar-refractivity contribution in [2.45, 2.75) is 32.5 Å². The molecular weight excluding hydrogens is 322 g/mol. The Bertz CT molecular complexity index is 829. The number of hydrogen-bond acceptors (Lipinski definition) is 5. The van der Waals surface area contributed by atoms with Crippen LogP contribution in [-0.2, 0) is 14.3 Å². The molecule has 3 aliphatic heterocycles. The van der Waals surface area contributed by atoms with Gasteiger partial charge in [-0.15, -0.1) is 0 Å². The molecule has 0 saturated carbocycles. The molecule has 1 aromatic rings. The van der Waals surface area contributed by atoms with Crippen LogP contribution in [0.1, 0.15) is 31.1 Å². The van der Waals surface area contributed by atoms with Gasteiger partial charge in [-0.3, -0.25) is 14.4 Å². The smallest absolute Gasteiger partial charge is 0.241 e. The van der Waals surface area contributed by atoms with Gasteiger partial charge in [0.1, 0.15) is 5.75 Å². The molecule has 2 amide bonds. The van der Waals surface area contributed by atoms with Crippen LogP contribution in [0.4, 0.5) is 5.69 Å². The number of anilines is 1. The van der Waals surface area contributed by atoms with E-state index in [1.165, 1.54) is 11.8 Å². The van der Waals surface area contributed by atoms with Gasteiger partial charge in [-0.2, -0.15) is 0 Å². The van der Waals surface area contributed by atoms with Gasteiger partial charge in [-0.1, -0.05) is 12.2 Å². The number of ketones is 1. The van der Waals surface area contributed by atoms with E-state index >= 15 is 0 Å². The molecule has 25 heavy (non-hydrogen) atoms. The van der Waals surface area contributed by atoms with Crippen LogP contribution in [-0.4, -0.2) is 35.9 Å². The van der Waals surface area contributed by atoms with Gasteiger partial charge in [0, 0.05) is 5.56 Å². The first-order valence-corrected chi connectivity index (χ1v) is 8.40. The minimum atomic E-state index is -0.749. The number of benzene rings is 1. The van der Waals surface area contributed by atoms with Crippen molar-refractivity contribution in [1.29, 1.82) is 0 Å². The van der Waals surface area contributed by atoms with Crippen molar-refractivity contribution in [3.8, 4) is 5.75 Å². The summed E-state index contributed by atoms with van der Waals surface area (Å²) < 4.78 is 11.4. The first-order valence-electron chi connectivity index (χ1n) is 8.40. The van der Waals surface area contributed by atoms with Crippen LogP contribution < -0.4 is 9.64 Å². The highest BCUT2D eigenvalue weighted by Gasteiger charge is 2.66. The third-order valence-electron chi connectivity index (χ3n) is 5.24. The molecule has 4 rings (SSSR count). The van der Waals surface area contributed by atoms with Crippen molar-refractivity contribution in [2.24, 2.45) is 11.8 Å². The summed E-state index contributed by atoms with van der Waals surface area (Å²) in [6.45, 7) is 5.49. The number of carbonyl (C=O) groups is 3. The Morgan fingerprint density at radius 3 is 2.72 bits per heavy atom. The fourth-order valence-electron chi connectivity index (χ4n) is 4.08. The Morgan fingerprint density at radius 2 is 2.08 bits per heavy atom. The second kappa shape index (κ2) is 5.26. The molecule has 0 unspecified atom stereocenters. The van der Waals surface area contributed by atoms with Crippen molar-refractivity contribution >= 4 is 23.3 Å². The van der Waals surface area contributed by atoms with Crippen LogP contribution >= 0.6 is 0 Å². The second-order valence-corrected chi connectivity index (χ2v) is 6.81. The van der Waals surface area contributed by atoms with Crippen molar-refractivity contribution in [1.82, 2.24) is 0 Å². The molecule has 2 fully saturated rings. The lowest BCUT2D eigenvalue weighted by molar-refractivity contribution is -0.126. The zero-order valence-electron chi connectivity index (χ0n) is 14.3. The van der Waals surface area contributed by atoms with Gasteiger partial charge in [0.2, 0.25) is 11.8 Å². The maximum atomic E-state index is 13.1. The lowest BCUT2D eigenvalue weighted by Gasteiger charge is -2.25. The molecule has 0 radical (unpaired) electrons. The normalized spacial score (nSPS) is 32.4. The molecule has 6 heteroatoms. The molecule has 2 bridgehead atoms. The minimum absolute atomic E-state index is 0.138. The third kappa shape index (κ3) is 2.10. The van der Waals surface area contributed by atoms with E-state index in [0.29, 0.717) is 23.6 Å². The quantitative estimate of drug-likeness (QED) is 0.476. The van der Waals surface area contributed by atoms with Gasteiger partial charge in [0.05, 0.1) is 35.8 Å². The average Bonchev–Trinajstić information content (AvgIpc) is 3.17. The molecule has 6 nitrogen and oxygen atoms in total. The number of ether oxygens (including phenoxy) is 2. The Kier molecular flexibility index (Phi) is 3.37. The second-order valence-electron chi connectivity index (χ2n) is 6.81. The van der Waals surface area contributed by atoms with Gasteiger partial charge < -0.3 is 9.47 Å². The van der Waals surface area contributed by atoms with Crippen molar-refractivity contribution in [2.75, 3.05) is 11.5 Å². The van der Waals surface area contributed by atoms with Crippen LogP contribution in [0, 0.1) is 11.8 Å². The highest BCUT2D eigenvalue weighted by atomic mass is 16.5. The average molecular weight is 341 g/mol. The van der Waals surface area contributed by atoms with E-state index in [0.717, 1.165) is 0 Å². The van der Waals surface area contributed by atoms with E-state index in [-0.39, 0.29) is 23.7 Å². The molecule has 0 N–H and O–H groups in total. The molecule has 4 atom stereocenters. The maximum absolute atomic E-state index is 13.1. The van der Waals surface area contributed by atoms with Crippen LogP contribution in [0.2, 0.25) is 0 Å². The molecule has 2 saturated heterocycles. The van der Waals surface area contributed by atoms with E-state index in [4.69, 9.17) is 9.47 Å². The highest BCUT2D eigenvalue weighted by Crippen LogP contribution is 2.53. The molecule has 3 heterocycles. The van der Waals surface area contributed by atoms with E-state index in [1.807, 2.05) is 26.0 Å². The summed E-state index contributed by atoms with van der Waals surface area (Å²) >= 11 is 0. The first kappa shape index (κ1) is 16.0. The Hall–Kier alpha value is -2.47. The Morgan fingerprint density at radius 1 is 1.32 bits per heavy atom. The van der Waals surface area contributed by atoms with Gasteiger partial charge >= 0.3 is 0 Å². The number of nitrogens with zero attached hydrogens (tertiary/aromatic N) is 1. The summed E-state index contributed by atoms with van der Waals surface area (Å²) in [7, 11) is 0. The maximum Gasteiger partial charge on any atom is 0.241 e. The van der Waals surface area contributed by atoms with Gasteiger partial charge in [0.15, 0.2) is 5.78 Å². The summed E-state index contributed by atoms with van der Waals surface area (Å²) in [5.41, 5.74) is 0.0162. The molecular formula is C19H19NO5. The lowest BCUT2D eigenvalue weighted by atomic mass is 9.78. The highest BCUT2D eigenvalue weighted by molar-refractivity contribution is 6.24. The summed E-state index contributed by atoms with van der Waals surface area (Å²) in [5.74, 6) is -1.37. The number of Topliss-reactive ketones (excluding diaryl/α,β-unsaturated/α-hetero) is 1. The molecule has 3 aliphatic rings. The van der Waals surface area contributed by atoms with Crippen LogP contribution in [0.25, 0.3) is 0 Å². The van der Waals surface area contributed by atoms with Crippen molar-refractivity contribution < 1.29 is 23.9 Å². The zero-order chi connectivity index (χ0) is 17.9. The van der Waals surface area contributed by atoms with Gasteiger partial charge in [0.25, 0.3) is 0 Å². The molecule has 0 spiro atoms. The fourth-order valence-corrected chi connectivity index (χ4v) is 4.08. The van der Waals surface area contributed by atoms with Crippen molar-refractivity contribution in [3.63, 3.8) is 0 Å². The molecule has 1 aromatic carbocycles. The van der Waals surface area contributed by atoms with E-state index < -0.39 is 17.4 Å². The number of carbonyl (C=O) groups excluding carboxylic acids is 3. The van der Waals surface area contributed by atoms with Gasteiger partial charge in [-0.05, 0) is 39.0 Å². The fraction of sp³-hybridized carbons (Fsp3) is 0.421. The largest absolute Gasteiger partial charge is 0.492 e. The zero-order valence-corrected chi connectivity index (χ0v) is 14.3. The lowest BCUT2D eigenvalue weighted by Crippen LogP contribution is -2.38. The number of rotatable bonds is 4. The standard InChI is InChI=1S/C19H19NO5/c1-4-24-13-6-5-11(10(2)21)9-12(13)20-17(22)15-14-7-8-19(3,25-14)16(15)18(20)23/h5-9,14-16H,4H2,1-3H3/t14-,15+,16-,19+/m0/s1. The summed E-state index contributed by atoms with van der Waals surface area (Å²) in [5, 5.41) is 0. The van der Waals surface area contributed by atoms with Crippen LogP contribution in [0.5, 0.6) is 5.75 Å². The summed E-state index contributed by atoms with van der Waals surface area (Å²) in [6.07, 6.45) is 3.34. The SMILES string of the molecule is CCOc1ccc(C(C)=O)cc1N1C(=O)[C@@H]2[C@@H]3C=C[C@@](C)(O3)[C@@H]2C1=O. The van der Waals surface area contributed by atoms with Gasteiger partial charge in [-0.25, -0.2) is 4.90 Å². The Labute approximate surface area is 145 Å². The predicted octanol–water partition coefficient (Wildman–Crippen LogP) is 2.12. The molecule has 0 aromatic heterocycles. The third-order valence-corrected chi connectivity index (χ3v) is 5.24. The van der Waals surface area contributed by atoms with Crippen LogP contribution in [0.15, 0.2) is 30.4 Å². The number of amides is 2. The number of imide groups is 1. The van der Waals surface area contributed by atoms with E-state index in [9.17, 15) is 14.4 Å². The monoisotopic (exact) mass is 341 g/mol. The van der Waals surface area contributed by atoms with Crippen molar-refractivity contribution in [3.05, 3.63) is 35.9 Å². The van der Waals surface area contributed by atoms with E-state index in [1.54, 1.807) is 18.2 Å². The number of hydrogen-bond donors (Lipinski definition) is 0. The topological polar surface area (TPSA) is 72.9 Å². The molecule has 130 valence electrons. The summed E-state index contributed by atoms with van der Waals surface area (Å²) in [6, 6.07) is 4.83. The minimum Gasteiger partial charge on any atom is -0.492 e. The molecule has 0 aliphatic carbocycles. The first-order chi connectivity index (χ1) is 11.9. The number of fused-ring (bicyclic) bond motifs is 5. The summed E-state index contributed by atoms with van der Waals surface area (Å²) in [4.78, 5) is 39.0. The predicted molar refractivity (Wildman–Crippen MR) is 89.5 cm³/mol. The van der Waals surface area contributed by atoms with E-state index in [2.05, 4.69) is 0 Å². The Balaban J connectivity index is 1.80. The van der Waals surface area contributed by atoms with Crippen LogP contribution in [0.3, 0.4) is 0 Å².